The Labute approximate surface area is 132 Å². The van der Waals surface area contributed by atoms with E-state index < -0.39 is 6.03 Å². The normalized spacial score (nSPS) is 25.3. The highest BCUT2D eigenvalue weighted by Crippen LogP contribution is 2.28. The first-order valence-corrected chi connectivity index (χ1v) is 8.01. The zero-order valence-electron chi connectivity index (χ0n) is 13.3. The quantitative estimate of drug-likeness (QED) is 0.641. The van der Waals surface area contributed by atoms with Crippen molar-refractivity contribution in [3.05, 3.63) is 23.8 Å². The highest BCUT2D eigenvalue weighted by molar-refractivity contribution is 5.76. The van der Waals surface area contributed by atoms with E-state index in [1.54, 1.807) is 0 Å². The fourth-order valence-corrected chi connectivity index (χ4v) is 3.12. The molecule has 1 aliphatic heterocycles. The first-order chi connectivity index (χ1) is 10.5. The summed E-state index contributed by atoms with van der Waals surface area (Å²) in [6.07, 6.45) is 6.76. The van der Waals surface area contributed by atoms with Crippen LogP contribution in [-0.2, 0) is 9.53 Å². The van der Waals surface area contributed by atoms with Crippen molar-refractivity contribution in [2.24, 2.45) is 17.6 Å². The van der Waals surface area contributed by atoms with Gasteiger partial charge in [0.1, 0.15) is 6.61 Å². The second kappa shape index (κ2) is 7.47. The van der Waals surface area contributed by atoms with E-state index >= 15 is 0 Å². The number of allylic oxidation sites excluding steroid dienone is 2. The number of urea groups is 1. The van der Waals surface area contributed by atoms with E-state index in [1.165, 1.54) is 16.0 Å². The fraction of sp³-hybridized carbons (Fsp3) is 0.647. The van der Waals surface area contributed by atoms with Gasteiger partial charge in [-0.1, -0.05) is 18.2 Å². The zero-order valence-corrected chi connectivity index (χ0v) is 13.3. The smallest absolute Gasteiger partial charge is 0.314 e. The van der Waals surface area contributed by atoms with Crippen LogP contribution in [0.5, 0.6) is 0 Å². The van der Waals surface area contributed by atoms with Gasteiger partial charge in [0.25, 0.3) is 0 Å². The summed E-state index contributed by atoms with van der Waals surface area (Å²) in [5.74, 6) is 0.101. The number of carbonyl (C=O) groups excluding carboxylic acids is 2. The van der Waals surface area contributed by atoms with Gasteiger partial charge in [-0.2, -0.15) is 0 Å². The summed E-state index contributed by atoms with van der Waals surface area (Å²) < 4.78 is 5.44. The molecule has 1 heterocycles. The summed E-state index contributed by atoms with van der Waals surface area (Å²) >= 11 is 0. The van der Waals surface area contributed by atoms with Gasteiger partial charge in [-0.3, -0.25) is 4.79 Å². The molecule has 0 aromatic carbocycles. The van der Waals surface area contributed by atoms with E-state index in [-0.39, 0.29) is 11.9 Å². The SMILES string of the molecule is C=C(C)[C@@H]1CC=C(COC(=O)[C@@H]2CCCN(C(N)=O)C2)CC1. The number of hydrogen-bond donors (Lipinski definition) is 1. The molecule has 0 aromatic heterocycles. The molecule has 2 atom stereocenters. The van der Waals surface area contributed by atoms with E-state index in [1.807, 2.05) is 0 Å². The molecule has 0 saturated carbocycles. The number of piperidine rings is 1. The minimum atomic E-state index is -0.460. The Morgan fingerprint density at radius 1 is 1.41 bits per heavy atom. The van der Waals surface area contributed by atoms with Crippen molar-refractivity contribution >= 4 is 12.0 Å². The first-order valence-electron chi connectivity index (χ1n) is 8.01. The molecule has 2 N–H and O–H groups in total. The average Bonchev–Trinajstić information content (AvgIpc) is 2.53. The van der Waals surface area contributed by atoms with Crippen LogP contribution in [0.15, 0.2) is 23.8 Å². The topological polar surface area (TPSA) is 72.6 Å². The molecule has 5 heteroatoms. The number of ether oxygens (including phenoxy) is 1. The van der Waals surface area contributed by atoms with Crippen LogP contribution in [0.2, 0.25) is 0 Å². The van der Waals surface area contributed by atoms with Crippen molar-refractivity contribution in [2.75, 3.05) is 19.7 Å². The lowest BCUT2D eigenvalue weighted by molar-refractivity contribution is -0.149. The van der Waals surface area contributed by atoms with E-state index in [2.05, 4.69) is 19.6 Å². The number of amides is 2. The van der Waals surface area contributed by atoms with E-state index in [0.717, 1.165) is 32.1 Å². The Bertz CT molecular complexity index is 484. The van der Waals surface area contributed by atoms with Crippen LogP contribution in [0.25, 0.3) is 0 Å². The molecule has 2 aliphatic rings. The summed E-state index contributed by atoms with van der Waals surface area (Å²) in [6.45, 7) is 7.45. The first kappa shape index (κ1) is 16.6. The maximum Gasteiger partial charge on any atom is 0.314 e. The predicted octanol–water partition coefficient (Wildman–Crippen LogP) is 2.62. The van der Waals surface area contributed by atoms with Gasteiger partial charge in [0.05, 0.1) is 5.92 Å². The molecule has 122 valence electrons. The molecule has 1 aliphatic carbocycles. The molecule has 0 aromatic rings. The molecule has 2 amide bonds. The highest BCUT2D eigenvalue weighted by atomic mass is 16.5. The van der Waals surface area contributed by atoms with Gasteiger partial charge in [-0.25, -0.2) is 4.79 Å². The summed E-state index contributed by atoms with van der Waals surface area (Å²) in [5.41, 5.74) is 7.69. The predicted molar refractivity (Wildman–Crippen MR) is 85.1 cm³/mol. The minimum absolute atomic E-state index is 0.214. The van der Waals surface area contributed by atoms with Crippen LogP contribution in [-0.4, -0.2) is 36.6 Å². The Hall–Kier alpha value is -1.78. The van der Waals surface area contributed by atoms with Crippen LogP contribution in [0.3, 0.4) is 0 Å². The number of esters is 1. The number of nitrogens with two attached hydrogens (primary N) is 1. The van der Waals surface area contributed by atoms with Crippen molar-refractivity contribution in [3.63, 3.8) is 0 Å². The Morgan fingerprint density at radius 3 is 2.77 bits per heavy atom. The van der Waals surface area contributed by atoms with Crippen LogP contribution >= 0.6 is 0 Å². The maximum atomic E-state index is 12.1. The third kappa shape index (κ3) is 4.36. The van der Waals surface area contributed by atoms with E-state index in [9.17, 15) is 9.59 Å². The minimum Gasteiger partial charge on any atom is -0.461 e. The maximum absolute atomic E-state index is 12.1. The number of rotatable bonds is 4. The lowest BCUT2D eigenvalue weighted by atomic mass is 9.86. The highest BCUT2D eigenvalue weighted by Gasteiger charge is 2.28. The third-order valence-corrected chi connectivity index (χ3v) is 4.67. The Morgan fingerprint density at radius 2 is 2.18 bits per heavy atom. The van der Waals surface area contributed by atoms with Gasteiger partial charge >= 0.3 is 12.0 Å². The fourth-order valence-electron chi connectivity index (χ4n) is 3.12. The molecule has 5 nitrogen and oxygen atoms in total. The molecule has 22 heavy (non-hydrogen) atoms. The summed E-state index contributed by atoms with van der Waals surface area (Å²) in [5, 5.41) is 0. The van der Waals surface area contributed by atoms with Gasteiger partial charge in [-0.15, -0.1) is 0 Å². The van der Waals surface area contributed by atoms with Gasteiger partial charge in [0, 0.05) is 13.1 Å². The largest absolute Gasteiger partial charge is 0.461 e. The number of carbonyl (C=O) groups is 2. The summed E-state index contributed by atoms with van der Waals surface area (Å²) in [7, 11) is 0. The van der Waals surface area contributed by atoms with Gasteiger partial charge < -0.3 is 15.4 Å². The van der Waals surface area contributed by atoms with Crippen molar-refractivity contribution in [1.82, 2.24) is 4.90 Å². The molecule has 0 radical (unpaired) electrons. The standard InChI is InChI=1S/C17H26N2O3/c1-12(2)14-7-5-13(6-8-14)11-22-16(20)15-4-3-9-19(10-15)17(18)21/h5,14-15H,1,3-4,6-11H2,2H3,(H2,18,21)/t14-,15-/m1/s1. The van der Waals surface area contributed by atoms with Crippen molar-refractivity contribution < 1.29 is 14.3 Å². The zero-order chi connectivity index (χ0) is 16.1. The number of primary amides is 1. The Kier molecular flexibility index (Phi) is 5.63. The van der Waals surface area contributed by atoms with Crippen molar-refractivity contribution in [3.8, 4) is 0 Å². The number of nitrogens with zero attached hydrogens (tertiary/aromatic N) is 1. The lowest BCUT2D eigenvalue weighted by Gasteiger charge is -2.30. The van der Waals surface area contributed by atoms with Crippen molar-refractivity contribution in [1.29, 1.82) is 0 Å². The molecule has 0 bridgehead atoms. The summed E-state index contributed by atoms with van der Waals surface area (Å²) in [4.78, 5) is 24.9. The van der Waals surface area contributed by atoms with Crippen LogP contribution < -0.4 is 5.73 Å². The van der Waals surface area contributed by atoms with Crippen LogP contribution in [0, 0.1) is 11.8 Å². The van der Waals surface area contributed by atoms with Gasteiger partial charge in [0.2, 0.25) is 0 Å². The second-order valence-corrected chi connectivity index (χ2v) is 6.41. The molecule has 0 spiro atoms. The third-order valence-electron chi connectivity index (χ3n) is 4.67. The molecule has 0 unspecified atom stereocenters. The summed E-state index contributed by atoms with van der Waals surface area (Å²) in [6, 6.07) is -0.460. The van der Waals surface area contributed by atoms with Crippen LogP contribution in [0.1, 0.15) is 39.0 Å². The monoisotopic (exact) mass is 306 g/mol. The molecular weight excluding hydrogens is 280 g/mol. The molecular formula is C17H26N2O3. The number of hydrogen-bond acceptors (Lipinski definition) is 3. The van der Waals surface area contributed by atoms with E-state index in [4.69, 9.17) is 10.5 Å². The second-order valence-electron chi connectivity index (χ2n) is 6.41. The van der Waals surface area contributed by atoms with Crippen LogP contribution in [0.4, 0.5) is 4.79 Å². The van der Waals surface area contributed by atoms with Gasteiger partial charge in [-0.05, 0) is 50.5 Å². The Balaban J connectivity index is 1.78. The van der Waals surface area contributed by atoms with E-state index in [0.29, 0.717) is 25.6 Å². The average molecular weight is 306 g/mol. The number of likely N-dealkylation sites (tertiary alicyclic amines) is 1. The lowest BCUT2D eigenvalue weighted by Crippen LogP contribution is -2.45. The molecule has 1 saturated heterocycles. The molecule has 2 rings (SSSR count). The van der Waals surface area contributed by atoms with Gasteiger partial charge in [0.15, 0.2) is 0 Å². The van der Waals surface area contributed by atoms with Crippen molar-refractivity contribution in [2.45, 2.75) is 39.0 Å². The molecule has 1 fully saturated rings.